The number of nitrogens with two attached hydrogens (primary N) is 2. The molecular formula is C9H13N3. The standard InChI is InChI=1S/C9H13N3/c1-7-3-2-4-12-9(7)5-8(11)6-10/h2-4,6H,5,10-11H2,1H3/b8-6+. The van der Waals surface area contributed by atoms with Crippen molar-refractivity contribution in [1.82, 2.24) is 4.98 Å². The molecule has 0 spiro atoms. The number of nitrogens with zero attached hydrogens (tertiary/aromatic N) is 1. The number of aryl methyl sites for hydroxylation is 1. The monoisotopic (exact) mass is 163 g/mol. The second kappa shape index (κ2) is 3.76. The molecule has 1 heterocycles. The summed E-state index contributed by atoms with van der Waals surface area (Å²) in [6.45, 7) is 2.01. The van der Waals surface area contributed by atoms with E-state index in [-0.39, 0.29) is 0 Å². The molecule has 0 unspecified atom stereocenters. The zero-order chi connectivity index (χ0) is 8.97. The summed E-state index contributed by atoms with van der Waals surface area (Å²) in [7, 11) is 0. The molecule has 12 heavy (non-hydrogen) atoms. The third kappa shape index (κ3) is 1.99. The highest BCUT2D eigenvalue weighted by Gasteiger charge is 1.98. The van der Waals surface area contributed by atoms with Crippen LogP contribution in [-0.2, 0) is 6.42 Å². The van der Waals surface area contributed by atoms with Crippen molar-refractivity contribution in [3.8, 4) is 0 Å². The SMILES string of the molecule is Cc1cccnc1C/C(N)=C\N. The molecule has 1 aromatic rings. The van der Waals surface area contributed by atoms with Crippen LogP contribution in [-0.4, -0.2) is 4.98 Å². The molecule has 0 aliphatic heterocycles. The van der Waals surface area contributed by atoms with Gasteiger partial charge in [0, 0.05) is 30.2 Å². The molecule has 0 atom stereocenters. The van der Waals surface area contributed by atoms with Gasteiger partial charge in [-0.1, -0.05) is 6.07 Å². The third-order valence-corrected chi connectivity index (χ3v) is 1.70. The summed E-state index contributed by atoms with van der Waals surface area (Å²) in [6.07, 6.45) is 3.80. The van der Waals surface area contributed by atoms with Gasteiger partial charge < -0.3 is 11.5 Å². The van der Waals surface area contributed by atoms with E-state index in [1.807, 2.05) is 19.1 Å². The quantitative estimate of drug-likeness (QED) is 0.674. The van der Waals surface area contributed by atoms with E-state index in [4.69, 9.17) is 11.5 Å². The van der Waals surface area contributed by atoms with E-state index in [2.05, 4.69) is 4.98 Å². The molecule has 0 amide bonds. The van der Waals surface area contributed by atoms with Crippen LogP contribution in [0.1, 0.15) is 11.3 Å². The van der Waals surface area contributed by atoms with Crippen LogP contribution >= 0.6 is 0 Å². The first-order valence-electron chi connectivity index (χ1n) is 3.80. The van der Waals surface area contributed by atoms with E-state index in [9.17, 15) is 0 Å². The van der Waals surface area contributed by atoms with Crippen LogP contribution in [0.15, 0.2) is 30.2 Å². The second-order valence-corrected chi connectivity index (χ2v) is 2.69. The van der Waals surface area contributed by atoms with Gasteiger partial charge in [-0.2, -0.15) is 0 Å². The summed E-state index contributed by atoms with van der Waals surface area (Å²) in [5.74, 6) is 0. The maximum absolute atomic E-state index is 5.57. The van der Waals surface area contributed by atoms with E-state index in [1.54, 1.807) is 6.20 Å². The predicted octanol–water partition coefficient (Wildman–Crippen LogP) is 0.691. The van der Waals surface area contributed by atoms with Crippen molar-refractivity contribution in [3.63, 3.8) is 0 Å². The van der Waals surface area contributed by atoms with Crippen LogP contribution in [0.5, 0.6) is 0 Å². The minimum atomic E-state index is 0.628. The van der Waals surface area contributed by atoms with Gasteiger partial charge in [0.1, 0.15) is 0 Å². The van der Waals surface area contributed by atoms with Gasteiger partial charge in [0.2, 0.25) is 0 Å². The molecule has 3 heteroatoms. The van der Waals surface area contributed by atoms with E-state index < -0.39 is 0 Å². The fourth-order valence-electron chi connectivity index (χ4n) is 0.956. The van der Waals surface area contributed by atoms with Crippen LogP contribution in [0.4, 0.5) is 0 Å². The number of pyridine rings is 1. The summed E-state index contributed by atoms with van der Waals surface area (Å²) in [5.41, 5.74) is 13.6. The zero-order valence-corrected chi connectivity index (χ0v) is 7.12. The van der Waals surface area contributed by atoms with Crippen molar-refractivity contribution in [1.29, 1.82) is 0 Å². The summed E-state index contributed by atoms with van der Waals surface area (Å²) in [4.78, 5) is 4.19. The average molecular weight is 163 g/mol. The Balaban J connectivity index is 2.82. The molecule has 0 aromatic carbocycles. The van der Waals surface area contributed by atoms with Crippen LogP contribution in [0.3, 0.4) is 0 Å². The molecule has 0 aliphatic rings. The lowest BCUT2D eigenvalue weighted by Gasteiger charge is -2.02. The Hall–Kier alpha value is -1.51. The van der Waals surface area contributed by atoms with Crippen molar-refractivity contribution in [2.75, 3.05) is 0 Å². The topological polar surface area (TPSA) is 64.9 Å². The van der Waals surface area contributed by atoms with Crippen LogP contribution in [0.25, 0.3) is 0 Å². The highest BCUT2D eigenvalue weighted by Crippen LogP contribution is 2.05. The zero-order valence-electron chi connectivity index (χ0n) is 7.12. The minimum Gasteiger partial charge on any atom is -0.403 e. The molecule has 1 rings (SSSR count). The normalized spacial score (nSPS) is 11.6. The third-order valence-electron chi connectivity index (χ3n) is 1.70. The summed E-state index contributed by atoms with van der Waals surface area (Å²) >= 11 is 0. The first kappa shape index (κ1) is 8.59. The maximum Gasteiger partial charge on any atom is 0.0491 e. The largest absolute Gasteiger partial charge is 0.403 e. The van der Waals surface area contributed by atoms with Crippen LogP contribution < -0.4 is 11.5 Å². The summed E-state index contributed by atoms with van der Waals surface area (Å²) in [5, 5.41) is 0. The fraction of sp³-hybridized carbons (Fsp3) is 0.222. The van der Waals surface area contributed by atoms with Crippen molar-refractivity contribution in [2.24, 2.45) is 11.5 Å². The van der Waals surface area contributed by atoms with E-state index in [1.165, 1.54) is 6.20 Å². The van der Waals surface area contributed by atoms with Gasteiger partial charge in [-0.05, 0) is 18.6 Å². The van der Waals surface area contributed by atoms with Gasteiger partial charge in [0.05, 0.1) is 0 Å². The second-order valence-electron chi connectivity index (χ2n) is 2.69. The Morgan fingerprint density at radius 2 is 2.42 bits per heavy atom. The molecule has 0 saturated carbocycles. The highest BCUT2D eigenvalue weighted by molar-refractivity contribution is 5.21. The van der Waals surface area contributed by atoms with E-state index in [0.29, 0.717) is 12.1 Å². The predicted molar refractivity (Wildman–Crippen MR) is 49.1 cm³/mol. The number of aromatic nitrogens is 1. The van der Waals surface area contributed by atoms with Crippen LogP contribution in [0, 0.1) is 6.92 Å². The van der Waals surface area contributed by atoms with Gasteiger partial charge in [0.15, 0.2) is 0 Å². The smallest absolute Gasteiger partial charge is 0.0491 e. The van der Waals surface area contributed by atoms with Gasteiger partial charge in [0.25, 0.3) is 0 Å². The number of hydrogen-bond donors (Lipinski definition) is 2. The van der Waals surface area contributed by atoms with Gasteiger partial charge in [-0.25, -0.2) is 0 Å². The number of rotatable bonds is 2. The minimum absolute atomic E-state index is 0.628. The van der Waals surface area contributed by atoms with Crippen LogP contribution in [0.2, 0.25) is 0 Å². The van der Waals surface area contributed by atoms with E-state index in [0.717, 1.165) is 11.3 Å². The molecule has 1 aromatic heterocycles. The van der Waals surface area contributed by atoms with E-state index >= 15 is 0 Å². The summed E-state index contributed by atoms with van der Waals surface area (Å²) < 4.78 is 0. The lowest BCUT2D eigenvalue weighted by Crippen LogP contribution is -2.06. The van der Waals surface area contributed by atoms with Gasteiger partial charge >= 0.3 is 0 Å². The molecule has 0 aliphatic carbocycles. The molecule has 4 N–H and O–H groups in total. The molecule has 0 bridgehead atoms. The van der Waals surface area contributed by atoms with Gasteiger partial charge in [-0.15, -0.1) is 0 Å². The Kier molecular flexibility index (Phi) is 2.69. The fourth-order valence-corrected chi connectivity index (χ4v) is 0.956. The Morgan fingerprint density at radius 1 is 1.67 bits per heavy atom. The van der Waals surface area contributed by atoms with Gasteiger partial charge in [-0.3, -0.25) is 4.98 Å². The Morgan fingerprint density at radius 3 is 3.00 bits per heavy atom. The molecule has 64 valence electrons. The molecule has 0 saturated heterocycles. The lowest BCUT2D eigenvalue weighted by molar-refractivity contribution is 0.998. The molecule has 0 radical (unpaired) electrons. The first-order valence-corrected chi connectivity index (χ1v) is 3.80. The Bertz CT molecular complexity index is 292. The van der Waals surface area contributed by atoms with Crippen molar-refractivity contribution >= 4 is 0 Å². The lowest BCUT2D eigenvalue weighted by atomic mass is 10.1. The number of allylic oxidation sites excluding steroid dienone is 1. The average Bonchev–Trinajstić information content (AvgIpc) is 2.09. The number of hydrogen-bond acceptors (Lipinski definition) is 3. The van der Waals surface area contributed by atoms with Crippen molar-refractivity contribution < 1.29 is 0 Å². The maximum atomic E-state index is 5.57. The molecular weight excluding hydrogens is 150 g/mol. The van der Waals surface area contributed by atoms with Crippen molar-refractivity contribution in [2.45, 2.75) is 13.3 Å². The molecule has 0 fully saturated rings. The first-order chi connectivity index (χ1) is 5.74. The highest BCUT2D eigenvalue weighted by atomic mass is 14.7. The Labute approximate surface area is 72.1 Å². The van der Waals surface area contributed by atoms with Crippen molar-refractivity contribution in [3.05, 3.63) is 41.5 Å². The molecule has 3 nitrogen and oxygen atoms in total. The summed E-state index contributed by atoms with van der Waals surface area (Å²) in [6, 6.07) is 3.91.